The van der Waals surface area contributed by atoms with Crippen molar-refractivity contribution in [3.63, 3.8) is 0 Å². The number of imidazole rings is 1. The highest BCUT2D eigenvalue weighted by molar-refractivity contribution is 5.77. The van der Waals surface area contributed by atoms with Crippen LogP contribution in [0.5, 0.6) is 0 Å². The number of benzene rings is 1. The van der Waals surface area contributed by atoms with E-state index in [4.69, 9.17) is 4.98 Å². The Kier molecular flexibility index (Phi) is 2.46. The van der Waals surface area contributed by atoms with Gasteiger partial charge in [0.1, 0.15) is 5.82 Å². The van der Waals surface area contributed by atoms with Gasteiger partial charge in [-0.1, -0.05) is 36.9 Å². The standard InChI is InChI=1S/C17H15N3/c1-2-12-3-5-13(6-4-12)16-15-11-18-9-10-20(15)17(19-16)14-7-8-14/h2-6,9-11,14H,1,7-8H2. The number of rotatable bonds is 3. The van der Waals surface area contributed by atoms with Gasteiger partial charge in [-0.25, -0.2) is 4.98 Å². The summed E-state index contributed by atoms with van der Waals surface area (Å²) in [6, 6.07) is 8.34. The summed E-state index contributed by atoms with van der Waals surface area (Å²) in [5.41, 5.74) is 4.36. The van der Waals surface area contributed by atoms with Gasteiger partial charge in [-0.2, -0.15) is 0 Å². The molecule has 20 heavy (non-hydrogen) atoms. The Labute approximate surface area is 117 Å². The van der Waals surface area contributed by atoms with Crippen LogP contribution in [0.3, 0.4) is 0 Å². The third-order valence-electron chi connectivity index (χ3n) is 3.84. The number of hydrogen-bond acceptors (Lipinski definition) is 2. The highest BCUT2D eigenvalue weighted by Gasteiger charge is 2.29. The van der Waals surface area contributed by atoms with Crippen molar-refractivity contribution in [1.82, 2.24) is 14.4 Å². The summed E-state index contributed by atoms with van der Waals surface area (Å²) in [5.74, 6) is 1.79. The molecule has 3 nitrogen and oxygen atoms in total. The Balaban J connectivity index is 1.91. The van der Waals surface area contributed by atoms with Crippen molar-refractivity contribution >= 4 is 11.6 Å². The average molecular weight is 261 g/mol. The predicted octanol–water partition coefficient (Wildman–Crippen LogP) is 3.92. The van der Waals surface area contributed by atoms with Crippen molar-refractivity contribution in [3.8, 4) is 11.3 Å². The third-order valence-corrected chi connectivity index (χ3v) is 3.84. The summed E-state index contributed by atoms with van der Waals surface area (Å²) in [6.45, 7) is 3.79. The molecule has 0 atom stereocenters. The zero-order valence-electron chi connectivity index (χ0n) is 11.2. The minimum absolute atomic E-state index is 0.617. The molecule has 2 heterocycles. The van der Waals surface area contributed by atoms with Crippen molar-refractivity contribution in [2.45, 2.75) is 18.8 Å². The van der Waals surface area contributed by atoms with Crippen molar-refractivity contribution in [3.05, 3.63) is 60.8 Å². The maximum Gasteiger partial charge on any atom is 0.117 e. The highest BCUT2D eigenvalue weighted by Crippen LogP contribution is 2.41. The van der Waals surface area contributed by atoms with Gasteiger partial charge in [0.15, 0.2) is 0 Å². The molecule has 2 aromatic heterocycles. The largest absolute Gasteiger partial charge is 0.300 e. The fourth-order valence-electron chi connectivity index (χ4n) is 2.58. The lowest BCUT2D eigenvalue weighted by Crippen LogP contribution is -1.91. The van der Waals surface area contributed by atoms with Gasteiger partial charge >= 0.3 is 0 Å². The van der Waals surface area contributed by atoms with Crippen LogP contribution in [0.1, 0.15) is 30.1 Å². The maximum atomic E-state index is 4.87. The molecular weight excluding hydrogens is 246 g/mol. The summed E-state index contributed by atoms with van der Waals surface area (Å²) in [6.07, 6.45) is 10.1. The molecule has 1 aromatic carbocycles. The quantitative estimate of drug-likeness (QED) is 0.715. The SMILES string of the molecule is C=Cc1ccc(-c2nc(C3CC3)n3ccncc23)cc1. The Morgan fingerprint density at radius 1 is 1.20 bits per heavy atom. The van der Waals surface area contributed by atoms with Crippen LogP contribution in [0, 0.1) is 0 Å². The minimum atomic E-state index is 0.617. The van der Waals surface area contributed by atoms with E-state index in [0.717, 1.165) is 22.3 Å². The van der Waals surface area contributed by atoms with E-state index in [9.17, 15) is 0 Å². The topological polar surface area (TPSA) is 30.2 Å². The van der Waals surface area contributed by atoms with Gasteiger partial charge in [-0.15, -0.1) is 0 Å². The molecule has 4 rings (SSSR count). The molecule has 0 radical (unpaired) electrons. The van der Waals surface area contributed by atoms with E-state index in [1.807, 2.05) is 24.7 Å². The van der Waals surface area contributed by atoms with Gasteiger partial charge in [0.2, 0.25) is 0 Å². The van der Waals surface area contributed by atoms with E-state index in [0.29, 0.717) is 5.92 Å². The molecule has 0 amide bonds. The van der Waals surface area contributed by atoms with E-state index in [1.54, 1.807) is 0 Å². The minimum Gasteiger partial charge on any atom is -0.300 e. The van der Waals surface area contributed by atoms with Crippen molar-refractivity contribution in [2.75, 3.05) is 0 Å². The molecule has 0 saturated heterocycles. The second kappa shape index (κ2) is 4.30. The predicted molar refractivity (Wildman–Crippen MR) is 80.5 cm³/mol. The van der Waals surface area contributed by atoms with E-state index in [2.05, 4.69) is 40.2 Å². The van der Waals surface area contributed by atoms with E-state index in [-0.39, 0.29) is 0 Å². The zero-order chi connectivity index (χ0) is 13.5. The molecule has 0 N–H and O–H groups in total. The first-order valence-corrected chi connectivity index (χ1v) is 6.91. The van der Waals surface area contributed by atoms with Gasteiger partial charge < -0.3 is 0 Å². The molecule has 3 aromatic rings. The molecule has 3 heteroatoms. The van der Waals surface area contributed by atoms with Crippen molar-refractivity contribution < 1.29 is 0 Å². The number of hydrogen-bond donors (Lipinski definition) is 0. The lowest BCUT2D eigenvalue weighted by molar-refractivity contribution is 0.915. The first kappa shape index (κ1) is 11.4. The molecule has 0 aliphatic heterocycles. The first-order valence-electron chi connectivity index (χ1n) is 6.91. The van der Waals surface area contributed by atoms with Crippen LogP contribution in [0.15, 0.2) is 49.4 Å². The van der Waals surface area contributed by atoms with Crippen LogP contribution in [0.4, 0.5) is 0 Å². The van der Waals surface area contributed by atoms with Gasteiger partial charge in [0.25, 0.3) is 0 Å². The van der Waals surface area contributed by atoms with Crippen LogP contribution in [0.25, 0.3) is 22.9 Å². The van der Waals surface area contributed by atoms with Crippen LogP contribution >= 0.6 is 0 Å². The third kappa shape index (κ3) is 1.74. The monoisotopic (exact) mass is 261 g/mol. The lowest BCUT2D eigenvalue weighted by atomic mass is 10.1. The summed E-state index contributed by atoms with van der Waals surface area (Å²) < 4.78 is 2.18. The van der Waals surface area contributed by atoms with Gasteiger partial charge in [-0.05, 0) is 18.4 Å². The van der Waals surface area contributed by atoms with Crippen LogP contribution in [0.2, 0.25) is 0 Å². The van der Waals surface area contributed by atoms with Crippen LogP contribution in [-0.2, 0) is 0 Å². The molecule has 1 fully saturated rings. The van der Waals surface area contributed by atoms with E-state index in [1.165, 1.54) is 18.7 Å². The molecule has 0 bridgehead atoms. The fraction of sp³-hybridized carbons (Fsp3) is 0.176. The summed E-state index contributed by atoms with van der Waals surface area (Å²) in [7, 11) is 0. The zero-order valence-corrected chi connectivity index (χ0v) is 11.2. The second-order valence-corrected chi connectivity index (χ2v) is 5.25. The van der Waals surface area contributed by atoms with Crippen molar-refractivity contribution in [1.29, 1.82) is 0 Å². The molecule has 0 spiro atoms. The smallest absolute Gasteiger partial charge is 0.117 e. The number of fused-ring (bicyclic) bond motifs is 1. The summed E-state index contributed by atoms with van der Waals surface area (Å²) in [5, 5.41) is 0. The molecule has 1 saturated carbocycles. The van der Waals surface area contributed by atoms with Crippen LogP contribution in [-0.4, -0.2) is 14.4 Å². The molecule has 1 aliphatic carbocycles. The highest BCUT2D eigenvalue weighted by atomic mass is 15.0. The van der Waals surface area contributed by atoms with Crippen molar-refractivity contribution in [2.24, 2.45) is 0 Å². The molecule has 1 aliphatic rings. The molecular formula is C17H15N3. The molecule has 0 unspecified atom stereocenters. The van der Waals surface area contributed by atoms with Gasteiger partial charge in [0, 0.05) is 23.9 Å². The maximum absolute atomic E-state index is 4.87. The average Bonchev–Trinajstić information content (AvgIpc) is 3.28. The lowest BCUT2D eigenvalue weighted by Gasteiger charge is -1.99. The number of nitrogens with zero attached hydrogens (tertiary/aromatic N) is 3. The van der Waals surface area contributed by atoms with E-state index >= 15 is 0 Å². The normalized spacial score (nSPS) is 14.6. The number of aromatic nitrogens is 3. The molecule has 98 valence electrons. The van der Waals surface area contributed by atoms with Crippen LogP contribution < -0.4 is 0 Å². The summed E-state index contributed by atoms with van der Waals surface area (Å²) in [4.78, 5) is 9.12. The van der Waals surface area contributed by atoms with E-state index < -0.39 is 0 Å². The Morgan fingerprint density at radius 3 is 2.70 bits per heavy atom. The van der Waals surface area contributed by atoms with Gasteiger partial charge in [-0.3, -0.25) is 9.38 Å². The Hall–Kier alpha value is -2.42. The Bertz CT molecular complexity index is 780. The van der Waals surface area contributed by atoms with Gasteiger partial charge in [0.05, 0.1) is 17.4 Å². The fourth-order valence-corrected chi connectivity index (χ4v) is 2.58. The first-order chi connectivity index (χ1) is 9.86. The Morgan fingerprint density at radius 2 is 2.00 bits per heavy atom. The summed E-state index contributed by atoms with van der Waals surface area (Å²) >= 11 is 0. The second-order valence-electron chi connectivity index (χ2n) is 5.25.